The Bertz CT molecular complexity index is 3300. The van der Waals surface area contributed by atoms with Crippen LogP contribution in [0.3, 0.4) is 0 Å². The summed E-state index contributed by atoms with van der Waals surface area (Å²) in [6, 6.07) is 69.1. The van der Waals surface area contributed by atoms with E-state index in [0.29, 0.717) is 23.0 Å². The topological polar surface area (TPSA) is 72.3 Å². The molecule has 11 rings (SSSR count). The zero-order valence-corrected chi connectivity index (χ0v) is 31.2. The molecule has 3 aromatic heterocycles. The van der Waals surface area contributed by atoms with Gasteiger partial charge >= 0.3 is 0 Å². The fourth-order valence-corrected chi connectivity index (χ4v) is 8.34. The lowest BCUT2D eigenvalue weighted by atomic mass is 9.99. The zero-order valence-electron chi connectivity index (χ0n) is 31.2. The second-order valence-electron chi connectivity index (χ2n) is 14.4. The van der Waals surface area contributed by atoms with Crippen molar-refractivity contribution < 1.29 is 0 Å². The standard InChI is InChI=1S/C52H32N6/c53-33-34-13-12-16-37(31-34)38-27-30-49(58-47-23-10-6-19-42(47)43-20-7-11-24-48(43)58)44(32-38)52-55-50(35-14-2-1-3-15-35)54-51(56-52)36-25-28-39(29-26-36)57-45-21-8-4-17-40(45)41-18-5-9-22-46(41)57/h1-32H. The largest absolute Gasteiger partial charge is 0.309 e. The number of rotatable bonds is 6. The number of nitriles is 1. The Kier molecular flexibility index (Phi) is 7.76. The van der Waals surface area contributed by atoms with Gasteiger partial charge in [0.15, 0.2) is 17.5 Å². The van der Waals surface area contributed by atoms with Gasteiger partial charge in [-0.3, -0.25) is 0 Å². The van der Waals surface area contributed by atoms with E-state index in [9.17, 15) is 5.26 Å². The summed E-state index contributed by atoms with van der Waals surface area (Å²) in [4.78, 5) is 15.6. The summed E-state index contributed by atoms with van der Waals surface area (Å²) in [6.45, 7) is 0. The Morgan fingerprint density at radius 2 is 0.810 bits per heavy atom. The normalized spacial score (nSPS) is 11.4. The lowest BCUT2D eigenvalue weighted by molar-refractivity contribution is 1.06. The molecule has 0 saturated heterocycles. The van der Waals surface area contributed by atoms with Crippen molar-refractivity contribution in [3.8, 4) is 62.7 Å². The SMILES string of the molecule is N#Cc1cccc(-c2ccc(-n3c4ccccc4c4ccccc43)c(-c3nc(-c4ccccc4)nc(-c4ccc(-n5c6ccccc6c6ccccc65)cc4)n3)c2)c1. The Labute approximate surface area is 334 Å². The van der Waals surface area contributed by atoms with Gasteiger partial charge in [-0.05, 0) is 83.9 Å². The monoisotopic (exact) mass is 740 g/mol. The average Bonchev–Trinajstić information content (AvgIpc) is 3.82. The number of aromatic nitrogens is 5. The highest BCUT2D eigenvalue weighted by molar-refractivity contribution is 6.10. The third-order valence-corrected chi connectivity index (χ3v) is 11.0. The van der Waals surface area contributed by atoms with E-state index >= 15 is 0 Å². The number of para-hydroxylation sites is 4. The van der Waals surface area contributed by atoms with E-state index in [0.717, 1.165) is 61.3 Å². The molecule has 0 saturated carbocycles. The van der Waals surface area contributed by atoms with Gasteiger partial charge in [-0.1, -0.05) is 121 Å². The molecule has 0 aliphatic rings. The van der Waals surface area contributed by atoms with E-state index in [1.807, 2.05) is 54.6 Å². The summed E-state index contributed by atoms with van der Waals surface area (Å²) >= 11 is 0. The van der Waals surface area contributed by atoms with Gasteiger partial charge in [-0.2, -0.15) is 5.26 Å². The first kappa shape index (κ1) is 33.2. The molecule has 0 aliphatic carbocycles. The molecule has 58 heavy (non-hydrogen) atoms. The van der Waals surface area contributed by atoms with Crippen LogP contribution in [0, 0.1) is 11.3 Å². The molecular formula is C52H32N6. The molecule has 0 aliphatic heterocycles. The van der Waals surface area contributed by atoms with Crippen LogP contribution in [0.4, 0.5) is 0 Å². The molecule has 8 aromatic carbocycles. The first-order valence-electron chi connectivity index (χ1n) is 19.3. The van der Waals surface area contributed by atoms with Crippen molar-refractivity contribution >= 4 is 43.6 Å². The molecular weight excluding hydrogens is 709 g/mol. The van der Waals surface area contributed by atoms with E-state index in [-0.39, 0.29) is 0 Å². The van der Waals surface area contributed by atoms with Gasteiger partial charge in [0, 0.05) is 43.9 Å². The first-order valence-corrected chi connectivity index (χ1v) is 19.3. The van der Waals surface area contributed by atoms with Crippen LogP contribution in [0.25, 0.3) is 100 Å². The Morgan fingerprint density at radius 3 is 1.38 bits per heavy atom. The second kappa shape index (κ2) is 13.6. The number of fused-ring (bicyclic) bond motifs is 6. The van der Waals surface area contributed by atoms with Crippen LogP contribution in [0.5, 0.6) is 0 Å². The maximum absolute atomic E-state index is 9.77. The summed E-state index contributed by atoms with van der Waals surface area (Å²) in [6.07, 6.45) is 0. The Hall–Kier alpha value is -8.14. The minimum Gasteiger partial charge on any atom is -0.309 e. The molecule has 0 fully saturated rings. The molecule has 11 aromatic rings. The lowest BCUT2D eigenvalue weighted by Gasteiger charge is -2.16. The predicted octanol–water partition coefficient (Wildman–Crippen LogP) is 12.6. The molecule has 0 atom stereocenters. The van der Waals surface area contributed by atoms with Crippen LogP contribution >= 0.6 is 0 Å². The number of hydrogen-bond donors (Lipinski definition) is 0. The fraction of sp³-hybridized carbons (Fsp3) is 0. The number of benzene rings is 8. The van der Waals surface area contributed by atoms with Crippen molar-refractivity contribution in [2.75, 3.05) is 0 Å². The van der Waals surface area contributed by atoms with Gasteiger partial charge in [0.2, 0.25) is 0 Å². The first-order chi connectivity index (χ1) is 28.7. The molecule has 6 nitrogen and oxygen atoms in total. The van der Waals surface area contributed by atoms with Crippen molar-refractivity contribution in [3.63, 3.8) is 0 Å². The molecule has 0 amide bonds. The van der Waals surface area contributed by atoms with Crippen LogP contribution in [-0.4, -0.2) is 24.1 Å². The second-order valence-corrected chi connectivity index (χ2v) is 14.4. The fourth-order valence-electron chi connectivity index (χ4n) is 8.34. The van der Waals surface area contributed by atoms with Crippen molar-refractivity contribution in [2.24, 2.45) is 0 Å². The minimum absolute atomic E-state index is 0.547. The van der Waals surface area contributed by atoms with Gasteiger partial charge in [-0.15, -0.1) is 0 Å². The molecule has 270 valence electrons. The average molecular weight is 741 g/mol. The smallest absolute Gasteiger partial charge is 0.166 e. The highest BCUT2D eigenvalue weighted by Crippen LogP contribution is 2.39. The summed E-state index contributed by atoms with van der Waals surface area (Å²) in [5, 5.41) is 14.5. The van der Waals surface area contributed by atoms with Crippen LogP contribution in [0.2, 0.25) is 0 Å². The number of nitrogens with zero attached hydrogens (tertiary/aromatic N) is 6. The van der Waals surface area contributed by atoms with Gasteiger partial charge in [-0.25, -0.2) is 15.0 Å². The van der Waals surface area contributed by atoms with Crippen molar-refractivity contribution in [2.45, 2.75) is 0 Å². The number of hydrogen-bond acceptors (Lipinski definition) is 4. The molecule has 0 radical (unpaired) electrons. The quantitative estimate of drug-likeness (QED) is 0.170. The lowest BCUT2D eigenvalue weighted by Crippen LogP contribution is -2.04. The summed E-state index contributed by atoms with van der Waals surface area (Å²) in [7, 11) is 0. The highest BCUT2D eigenvalue weighted by atomic mass is 15.1. The van der Waals surface area contributed by atoms with E-state index < -0.39 is 0 Å². The zero-order chi connectivity index (χ0) is 38.6. The molecule has 0 bridgehead atoms. The minimum atomic E-state index is 0.547. The summed E-state index contributed by atoms with van der Waals surface area (Å²) in [5.41, 5.74) is 11.6. The maximum atomic E-state index is 9.77. The van der Waals surface area contributed by atoms with Gasteiger partial charge < -0.3 is 9.13 Å². The van der Waals surface area contributed by atoms with Crippen molar-refractivity contribution in [1.29, 1.82) is 5.26 Å². The third kappa shape index (κ3) is 5.45. The van der Waals surface area contributed by atoms with E-state index in [2.05, 4.69) is 155 Å². The highest BCUT2D eigenvalue weighted by Gasteiger charge is 2.21. The van der Waals surface area contributed by atoms with E-state index in [1.54, 1.807) is 0 Å². The molecule has 0 N–H and O–H groups in total. The molecule has 0 unspecified atom stereocenters. The van der Waals surface area contributed by atoms with Crippen LogP contribution in [0.1, 0.15) is 5.56 Å². The third-order valence-electron chi connectivity index (χ3n) is 11.0. The predicted molar refractivity (Wildman–Crippen MR) is 235 cm³/mol. The molecule has 6 heteroatoms. The van der Waals surface area contributed by atoms with Crippen LogP contribution < -0.4 is 0 Å². The Balaban J connectivity index is 1.14. The van der Waals surface area contributed by atoms with Gasteiger partial charge in [0.1, 0.15) is 0 Å². The Morgan fingerprint density at radius 1 is 0.362 bits per heavy atom. The molecule has 0 spiro atoms. The summed E-state index contributed by atoms with van der Waals surface area (Å²) < 4.78 is 4.62. The van der Waals surface area contributed by atoms with E-state index in [1.165, 1.54) is 21.5 Å². The maximum Gasteiger partial charge on any atom is 0.166 e. The molecule has 3 heterocycles. The van der Waals surface area contributed by atoms with Crippen molar-refractivity contribution in [1.82, 2.24) is 24.1 Å². The van der Waals surface area contributed by atoms with Gasteiger partial charge in [0.05, 0.1) is 39.4 Å². The van der Waals surface area contributed by atoms with Crippen LogP contribution in [-0.2, 0) is 0 Å². The van der Waals surface area contributed by atoms with Gasteiger partial charge in [0.25, 0.3) is 0 Å². The summed E-state index contributed by atoms with van der Waals surface area (Å²) in [5.74, 6) is 1.70. The van der Waals surface area contributed by atoms with E-state index in [4.69, 9.17) is 15.0 Å². The van der Waals surface area contributed by atoms with Crippen LogP contribution in [0.15, 0.2) is 194 Å². The van der Waals surface area contributed by atoms with Crippen molar-refractivity contribution in [3.05, 3.63) is 200 Å².